The van der Waals surface area contributed by atoms with Gasteiger partial charge in [-0.2, -0.15) is 0 Å². The van der Waals surface area contributed by atoms with Crippen LogP contribution in [0.2, 0.25) is 0 Å². The Labute approximate surface area is 171 Å². The summed E-state index contributed by atoms with van der Waals surface area (Å²) >= 11 is 0. The fourth-order valence-corrected chi connectivity index (χ4v) is 5.41. The number of piperidine rings is 1. The van der Waals surface area contributed by atoms with Crippen LogP contribution in [-0.4, -0.2) is 56.6 Å². The van der Waals surface area contributed by atoms with Crippen LogP contribution in [0.3, 0.4) is 0 Å². The van der Waals surface area contributed by atoms with Gasteiger partial charge in [-0.25, -0.2) is 12.7 Å². The lowest BCUT2D eigenvalue weighted by molar-refractivity contribution is -0.164. The van der Waals surface area contributed by atoms with E-state index < -0.39 is 16.1 Å². The number of benzene rings is 1. The third-order valence-electron chi connectivity index (χ3n) is 5.34. The maximum absolute atomic E-state index is 12.7. The minimum atomic E-state index is -3.35. The lowest BCUT2D eigenvalue weighted by Crippen LogP contribution is -2.47. The Kier molecular flexibility index (Phi) is 6.15. The molecule has 0 unspecified atom stereocenters. The molecular formula is C21H26N2O5S. The van der Waals surface area contributed by atoms with Crippen molar-refractivity contribution in [3.63, 3.8) is 0 Å². The van der Waals surface area contributed by atoms with E-state index in [1.54, 1.807) is 28.6 Å². The topological polar surface area (TPSA) is 84.9 Å². The van der Waals surface area contributed by atoms with E-state index in [0.717, 1.165) is 19.3 Å². The summed E-state index contributed by atoms with van der Waals surface area (Å²) in [5, 5.41) is 2.82. The first kappa shape index (κ1) is 20.3. The maximum atomic E-state index is 12.7. The SMILES string of the molecule is O=C(Nc1cccc(CS(=O)(=O)N2CCCCC2)c1)[C@@H]1CO[C@H]2C=CC=C[C@H]2O1. The molecule has 2 saturated heterocycles. The Morgan fingerprint density at radius 3 is 2.66 bits per heavy atom. The molecule has 2 fully saturated rings. The van der Waals surface area contributed by atoms with Gasteiger partial charge in [0.05, 0.1) is 12.4 Å². The Morgan fingerprint density at radius 1 is 1.10 bits per heavy atom. The fourth-order valence-electron chi connectivity index (χ4n) is 3.81. The molecule has 29 heavy (non-hydrogen) atoms. The molecule has 3 aliphatic rings. The van der Waals surface area contributed by atoms with Crippen molar-refractivity contribution in [2.24, 2.45) is 0 Å². The predicted molar refractivity (Wildman–Crippen MR) is 110 cm³/mol. The van der Waals surface area contributed by atoms with Crippen LogP contribution in [0.15, 0.2) is 48.6 Å². The number of nitrogens with one attached hydrogen (secondary N) is 1. The highest BCUT2D eigenvalue weighted by Crippen LogP contribution is 2.22. The average Bonchev–Trinajstić information content (AvgIpc) is 2.74. The van der Waals surface area contributed by atoms with E-state index in [0.29, 0.717) is 24.3 Å². The van der Waals surface area contributed by atoms with Crippen molar-refractivity contribution < 1.29 is 22.7 Å². The zero-order valence-corrected chi connectivity index (χ0v) is 17.0. The molecule has 3 atom stereocenters. The van der Waals surface area contributed by atoms with Crippen LogP contribution < -0.4 is 5.32 Å². The van der Waals surface area contributed by atoms with Crippen LogP contribution in [0.4, 0.5) is 5.69 Å². The van der Waals surface area contributed by atoms with Crippen LogP contribution in [0.5, 0.6) is 0 Å². The molecule has 0 radical (unpaired) electrons. The van der Waals surface area contributed by atoms with Crippen molar-refractivity contribution in [1.82, 2.24) is 4.31 Å². The number of carbonyl (C=O) groups is 1. The summed E-state index contributed by atoms with van der Waals surface area (Å²) in [6.07, 6.45) is 9.30. The highest BCUT2D eigenvalue weighted by atomic mass is 32.2. The average molecular weight is 419 g/mol. The summed E-state index contributed by atoms with van der Waals surface area (Å²) in [6, 6.07) is 6.96. The van der Waals surface area contributed by atoms with Gasteiger partial charge >= 0.3 is 0 Å². The summed E-state index contributed by atoms with van der Waals surface area (Å²) < 4.78 is 38.4. The van der Waals surface area contributed by atoms with E-state index in [9.17, 15) is 13.2 Å². The van der Waals surface area contributed by atoms with Crippen LogP contribution in [0.1, 0.15) is 24.8 Å². The van der Waals surface area contributed by atoms with Gasteiger partial charge in [-0.05, 0) is 30.5 Å². The Balaban J connectivity index is 1.38. The number of rotatable bonds is 5. The molecular weight excluding hydrogens is 392 g/mol. The van der Waals surface area contributed by atoms with E-state index in [1.165, 1.54) is 0 Å². The molecule has 156 valence electrons. The number of carbonyl (C=O) groups excluding carboxylic acids is 1. The highest BCUT2D eigenvalue weighted by molar-refractivity contribution is 7.88. The number of nitrogens with zero attached hydrogens (tertiary/aromatic N) is 1. The van der Waals surface area contributed by atoms with Crippen molar-refractivity contribution in [1.29, 1.82) is 0 Å². The molecule has 1 aliphatic carbocycles. The number of sulfonamides is 1. The standard InChI is InChI=1S/C21H26N2O5S/c24-21(20-14-27-18-9-2-3-10-19(18)28-20)22-17-8-6-7-16(13-17)15-29(25,26)23-11-4-1-5-12-23/h2-3,6-10,13,18-20H,1,4-5,11-12,14-15H2,(H,22,24)/t18-,19+,20-/m0/s1. The Morgan fingerprint density at radius 2 is 1.86 bits per heavy atom. The van der Waals surface area contributed by atoms with Crippen molar-refractivity contribution in [2.75, 3.05) is 25.0 Å². The highest BCUT2D eigenvalue weighted by Gasteiger charge is 2.33. The van der Waals surface area contributed by atoms with Crippen molar-refractivity contribution in [2.45, 2.75) is 43.3 Å². The molecule has 8 heteroatoms. The zero-order valence-electron chi connectivity index (χ0n) is 16.2. The summed E-state index contributed by atoms with van der Waals surface area (Å²) in [6.45, 7) is 1.35. The molecule has 2 aliphatic heterocycles. The van der Waals surface area contributed by atoms with Gasteiger partial charge in [0.1, 0.15) is 12.2 Å². The van der Waals surface area contributed by atoms with Gasteiger partial charge in [0, 0.05) is 18.8 Å². The van der Waals surface area contributed by atoms with Crippen molar-refractivity contribution in [3.05, 3.63) is 54.1 Å². The molecule has 2 heterocycles. The van der Waals surface area contributed by atoms with Crippen LogP contribution in [0, 0.1) is 0 Å². The van der Waals surface area contributed by atoms with Crippen molar-refractivity contribution >= 4 is 21.6 Å². The monoisotopic (exact) mass is 418 g/mol. The van der Waals surface area contributed by atoms with E-state index in [2.05, 4.69) is 5.32 Å². The number of amides is 1. The summed E-state index contributed by atoms with van der Waals surface area (Å²) in [5.74, 6) is -0.372. The molecule has 1 aromatic rings. The zero-order chi connectivity index (χ0) is 20.3. The third kappa shape index (κ3) is 4.95. The van der Waals surface area contributed by atoms with Gasteiger partial charge in [0.15, 0.2) is 6.10 Å². The Bertz CT molecular complexity index is 905. The molecule has 7 nitrogen and oxygen atoms in total. The van der Waals surface area contributed by atoms with E-state index in [4.69, 9.17) is 9.47 Å². The molecule has 0 bridgehead atoms. The second-order valence-corrected chi connectivity index (χ2v) is 9.53. The first-order valence-electron chi connectivity index (χ1n) is 10.0. The second-order valence-electron chi connectivity index (χ2n) is 7.56. The largest absolute Gasteiger partial charge is 0.368 e. The van der Waals surface area contributed by atoms with Gasteiger partial charge in [-0.15, -0.1) is 0 Å². The van der Waals surface area contributed by atoms with Gasteiger partial charge in [0.2, 0.25) is 10.0 Å². The number of ether oxygens (including phenoxy) is 2. The van der Waals surface area contributed by atoms with Gasteiger partial charge in [-0.3, -0.25) is 4.79 Å². The quantitative estimate of drug-likeness (QED) is 0.793. The first-order chi connectivity index (χ1) is 14.0. The lowest BCUT2D eigenvalue weighted by atomic mass is 10.1. The first-order valence-corrected chi connectivity index (χ1v) is 11.6. The van der Waals surface area contributed by atoms with E-state index in [-0.39, 0.29) is 30.5 Å². The fraction of sp³-hybridized carbons (Fsp3) is 0.476. The third-order valence-corrected chi connectivity index (χ3v) is 7.19. The number of fused-ring (bicyclic) bond motifs is 1. The van der Waals surface area contributed by atoms with E-state index in [1.807, 2.05) is 24.3 Å². The van der Waals surface area contributed by atoms with E-state index >= 15 is 0 Å². The van der Waals surface area contributed by atoms with Gasteiger partial charge in [0.25, 0.3) is 5.91 Å². The molecule has 1 aromatic carbocycles. The normalized spacial score (nSPS) is 27.4. The smallest absolute Gasteiger partial charge is 0.255 e. The second kappa shape index (κ2) is 8.79. The minimum Gasteiger partial charge on any atom is -0.368 e. The molecule has 1 N–H and O–H groups in total. The number of anilines is 1. The van der Waals surface area contributed by atoms with Gasteiger partial charge in [-0.1, -0.05) is 42.9 Å². The molecule has 4 rings (SSSR count). The molecule has 0 spiro atoms. The van der Waals surface area contributed by atoms with Crippen LogP contribution in [-0.2, 0) is 30.0 Å². The predicted octanol–water partition coefficient (Wildman–Crippen LogP) is 2.22. The molecule has 1 amide bonds. The number of hydrogen-bond donors (Lipinski definition) is 1. The number of hydrogen-bond acceptors (Lipinski definition) is 5. The molecule has 0 saturated carbocycles. The maximum Gasteiger partial charge on any atom is 0.255 e. The van der Waals surface area contributed by atoms with Crippen LogP contribution in [0.25, 0.3) is 0 Å². The minimum absolute atomic E-state index is 0.0688. The summed E-state index contributed by atoms with van der Waals surface area (Å²) in [4.78, 5) is 12.6. The Hall–Kier alpha value is -2.00. The summed E-state index contributed by atoms with van der Waals surface area (Å²) in [5.41, 5.74) is 1.20. The van der Waals surface area contributed by atoms with Crippen LogP contribution >= 0.6 is 0 Å². The number of allylic oxidation sites excluding steroid dienone is 2. The van der Waals surface area contributed by atoms with Gasteiger partial charge < -0.3 is 14.8 Å². The summed E-state index contributed by atoms with van der Waals surface area (Å²) in [7, 11) is -3.35. The van der Waals surface area contributed by atoms with Crippen molar-refractivity contribution in [3.8, 4) is 0 Å². The lowest BCUT2D eigenvalue weighted by Gasteiger charge is -2.34. The molecule has 0 aromatic heterocycles.